The van der Waals surface area contributed by atoms with Crippen LogP contribution in [0, 0.1) is 23.7 Å². The van der Waals surface area contributed by atoms with E-state index in [0.29, 0.717) is 31.5 Å². The first-order valence-corrected chi connectivity index (χ1v) is 17.9. The van der Waals surface area contributed by atoms with E-state index in [-0.39, 0.29) is 92.0 Å². The zero-order valence-electron chi connectivity index (χ0n) is 28.9. The van der Waals surface area contributed by atoms with Crippen molar-refractivity contribution in [1.29, 1.82) is 0 Å². The van der Waals surface area contributed by atoms with Gasteiger partial charge in [0.1, 0.15) is 18.2 Å². The molecule has 1 aromatic carbocycles. The largest absolute Gasteiger partial charge is 0.462 e. The number of esters is 1. The number of aliphatic hydroxyl groups excluding tert-OH is 1. The van der Waals surface area contributed by atoms with Crippen molar-refractivity contribution in [2.75, 3.05) is 31.6 Å². The van der Waals surface area contributed by atoms with Gasteiger partial charge >= 0.3 is 12.1 Å². The van der Waals surface area contributed by atoms with Gasteiger partial charge in [0.25, 0.3) is 11.8 Å². The van der Waals surface area contributed by atoms with Crippen LogP contribution >= 0.6 is 0 Å². The van der Waals surface area contributed by atoms with Crippen LogP contribution in [0.2, 0.25) is 0 Å². The number of anilines is 1. The highest BCUT2D eigenvalue weighted by Gasteiger charge is 2.46. The second-order valence-electron chi connectivity index (χ2n) is 14.2. The number of rotatable bonds is 12. The average molecular weight is 707 g/mol. The normalized spacial score (nSPS) is 30.2. The van der Waals surface area contributed by atoms with Gasteiger partial charge in [-0.05, 0) is 61.1 Å². The van der Waals surface area contributed by atoms with E-state index >= 15 is 0 Å². The molecule has 3 aliphatic heterocycles. The molecule has 4 N–H and O–H groups in total. The summed E-state index contributed by atoms with van der Waals surface area (Å²) in [6, 6.07) is 3.81. The molecular formula is C37H46N4O10. The van der Waals surface area contributed by atoms with Crippen LogP contribution < -0.4 is 16.0 Å². The predicted octanol–water partition coefficient (Wildman–Crippen LogP) is 2.86. The lowest BCUT2D eigenvalue weighted by Gasteiger charge is -2.43. The highest BCUT2D eigenvalue weighted by molar-refractivity contribution is 6.25. The van der Waals surface area contributed by atoms with Crippen LogP contribution in [0.15, 0.2) is 42.0 Å². The molecule has 14 nitrogen and oxygen atoms in total. The Kier molecular flexibility index (Phi) is 11.2. The van der Waals surface area contributed by atoms with Gasteiger partial charge in [-0.15, -0.1) is 0 Å². The van der Waals surface area contributed by atoms with E-state index in [1.165, 1.54) is 6.07 Å². The molecule has 2 saturated heterocycles. The molecule has 2 fully saturated rings. The zero-order valence-corrected chi connectivity index (χ0v) is 28.9. The second kappa shape index (κ2) is 15.8. The van der Waals surface area contributed by atoms with E-state index in [1.54, 1.807) is 12.1 Å². The van der Waals surface area contributed by atoms with Crippen molar-refractivity contribution in [3.8, 4) is 0 Å². The van der Waals surface area contributed by atoms with Gasteiger partial charge in [0, 0.05) is 37.5 Å². The summed E-state index contributed by atoms with van der Waals surface area (Å²) in [7, 11) is 0. The van der Waals surface area contributed by atoms with Crippen LogP contribution in [0.1, 0.15) is 79.5 Å². The Morgan fingerprint density at radius 3 is 2.65 bits per heavy atom. The fraction of sp³-hybridized carbons (Fsp3) is 0.568. The van der Waals surface area contributed by atoms with Gasteiger partial charge in [-0.2, -0.15) is 0 Å². The molecule has 0 saturated carbocycles. The van der Waals surface area contributed by atoms with Crippen molar-refractivity contribution < 1.29 is 48.1 Å². The Hall–Kier alpha value is -4.56. The van der Waals surface area contributed by atoms with Gasteiger partial charge in [0.05, 0.1) is 36.9 Å². The van der Waals surface area contributed by atoms with Crippen molar-refractivity contribution in [1.82, 2.24) is 15.5 Å². The summed E-state index contributed by atoms with van der Waals surface area (Å²) < 4.78 is 17.2. The van der Waals surface area contributed by atoms with E-state index < -0.39 is 41.9 Å². The summed E-state index contributed by atoms with van der Waals surface area (Å²) >= 11 is 0. The van der Waals surface area contributed by atoms with Crippen LogP contribution in [-0.2, 0) is 28.6 Å². The number of cyclic esters (lactones) is 1. The SMILES string of the molecule is C[C@H]1C=C2C=C[C@H](C)C(CC[C@@H]3C[C@@H](O)CC(=O)O3)[C@H]2[C@@H](OC(=O)NCCOCCNc2cccc3c2C(=O)N(C2CCC(=O)NC2=O)C3=O)C1. The first-order chi connectivity index (χ1) is 24.5. The number of alkyl carbamates (subject to hydrolysis) is 1. The predicted molar refractivity (Wildman–Crippen MR) is 182 cm³/mol. The summed E-state index contributed by atoms with van der Waals surface area (Å²) in [4.78, 5) is 76.0. The number of ether oxygens (including phenoxy) is 3. The van der Waals surface area contributed by atoms with Crippen LogP contribution in [0.5, 0.6) is 0 Å². The number of carbonyl (C=O) groups excluding carboxylic acids is 6. The number of carbonyl (C=O) groups is 6. The lowest BCUT2D eigenvalue weighted by atomic mass is 9.65. The summed E-state index contributed by atoms with van der Waals surface area (Å²) in [6.07, 6.45) is 7.43. The van der Waals surface area contributed by atoms with Gasteiger partial charge in [-0.3, -0.25) is 34.2 Å². The van der Waals surface area contributed by atoms with Gasteiger partial charge in [-0.1, -0.05) is 38.1 Å². The van der Waals surface area contributed by atoms with E-state index in [2.05, 4.69) is 48.0 Å². The Bertz CT molecular complexity index is 1620. The second-order valence-corrected chi connectivity index (χ2v) is 14.2. The lowest BCUT2D eigenvalue weighted by Crippen LogP contribution is -2.54. The number of allylic oxidation sites excluding steroid dienone is 3. The Balaban J connectivity index is 0.950. The number of hydrogen-bond donors (Lipinski definition) is 4. The number of benzene rings is 1. The molecule has 0 aromatic heterocycles. The third kappa shape index (κ3) is 8.17. The molecule has 6 rings (SSSR count). The Morgan fingerprint density at radius 2 is 1.86 bits per heavy atom. The summed E-state index contributed by atoms with van der Waals surface area (Å²) in [5.41, 5.74) is 1.95. The van der Waals surface area contributed by atoms with Crippen LogP contribution in [0.4, 0.5) is 10.5 Å². The number of piperidine rings is 1. The van der Waals surface area contributed by atoms with Crippen molar-refractivity contribution in [3.05, 3.63) is 53.1 Å². The monoisotopic (exact) mass is 706 g/mol. The van der Waals surface area contributed by atoms with E-state index in [0.717, 1.165) is 16.9 Å². The van der Waals surface area contributed by atoms with E-state index in [9.17, 15) is 33.9 Å². The topological polar surface area (TPSA) is 190 Å². The van der Waals surface area contributed by atoms with Crippen molar-refractivity contribution >= 4 is 41.4 Å². The minimum absolute atomic E-state index is 0.0104. The minimum atomic E-state index is -1.04. The molecule has 14 heteroatoms. The third-order valence-electron chi connectivity index (χ3n) is 10.5. The lowest BCUT2D eigenvalue weighted by molar-refractivity contribution is -0.160. The number of imide groups is 2. The highest BCUT2D eigenvalue weighted by Crippen LogP contribution is 2.45. The molecule has 0 spiro atoms. The molecule has 0 bridgehead atoms. The molecule has 8 atom stereocenters. The Labute approximate surface area is 296 Å². The molecule has 1 aromatic rings. The average Bonchev–Trinajstić information content (AvgIpc) is 3.33. The standard InChI is InChI=1S/C37H46N4O10/c1-20-16-22-7-6-21(2)25(9-8-24-18-23(42)19-31(44)50-24)32(22)29(17-20)51-37(48)39-13-15-49-14-12-38-27-5-3-4-26-33(27)36(47)41(35(26)46)28-10-11-30(43)40-34(28)45/h3-7,16,20-21,23-25,28-29,32,38,42H,8-15,17-19H2,1-2H3,(H,39,48)(H,40,43,45)/t20-,21-,23+,24+,25?,28?,29-,32-/m0/s1. The maximum atomic E-state index is 13.3. The number of hydrogen-bond acceptors (Lipinski definition) is 11. The van der Waals surface area contributed by atoms with Gasteiger partial charge in [-0.25, -0.2) is 4.79 Å². The van der Waals surface area contributed by atoms with Crippen molar-refractivity contribution in [2.24, 2.45) is 23.7 Å². The smallest absolute Gasteiger partial charge is 0.407 e. The molecule has 274 valence electrons. The van der Waals surface area contributed by atoms with Crippen molar-refractivity contribution in [3.63, 3.8) is 0 Å². The molecule has 51 heavy (non-hydrogen) atoms. The van der Waals surface area contributed by atoms with Gasteiger partial charge in [0.2, 0.25) is 11.8 Å². The van der Waals surface area contributed by atoms with E-state index in [1.807, 2.05) is 0 Å². The van der Waals surface area contributed by atoms with Crippen LogP contribution in [0.3, 0.4) is 0 Å². The molecule has 5 amide bonds. The maximum absolute atomic E-state index is 13.3. The highest BCUT2D eigenvalue weighted by atomic mass is 16.6. The minimum Gasteiger partial charge on any atom is -0.462 e. The first kappa shape index (κ1) is 36.2. The summed E-state index contributed by atoms with van der Waals surface area (Å²) in [5, 5.41) is 18.1. The van der Waals surface area contributed by atoms with Crippen molar-refractivity contribution in [2.45, 2.75) is 83.1 Å². The third-order valence-corrected chi connectivity index (χ3v) is 10.5. The number of amides is 5. The molecular weight excluding hydrogens is 660 g/mol. The van der Waals surface area contributed by atoms with Crippen LogP contribution in [-0.4, -0.2) is 96.4 Å². The molecule has 2 aliphatic carbocycles. The Morgan fingerprint density at radius 1 is 1.06 bits per heavy atom. The molecule has 0 radical (unpaired) electrons. The van der Waals surface area contributed by atoms with Gasteiger partial charge in [0.15, 0.2) is 0 Å². The number of aliphatic hydroxyl groups is 1. The van der Waals surface area contributed by atoms with Gasteiger partial charge < -0.3 is 30.0 Å². The summed E-state index contributed by atoms with van der Waals surface area (Å²) in [6.45, 7) is 5.25. The fourth-order valence-electron chi connectivity index (χ4n) is 8.06. The number of fused-ring (bicyclic) bond motifs is 2. The number of nitrogens with zero attached hydrogens (tertiary/aromatic N) is 1. The van der Waals surface area contributed by atoms with Crippen LogP contribution in [0.25, 0.3) is 0 Å². The molecule has 3 heterocycles. The molecule has 5 aliphatic rings. The molecule has 2 unspecified atom stereocenters. The fourth-order valence-corrected chi connectivity index (χ4v) is 8.06. The summed E-state index contributed by atoms with van der Waals surface area (Å²) in [5.74, 6) is -1.97. The first-order valence-electron chi connectivity index (χ1n) is 17.9. The zero-order chi connectivity index (χ0) is 36.2. The number of nitrogens with one attached hydrogen (secondary N) is 3. The maximum Gasteiger partial charge on any atom is 0.407 e. The van der Waals surface area contributed by atoms with E-state index in [4.69, 9.17) is 14.2 Å². The quantitative estimate of drug-likeness (QED) is 0.142.